The molecule has 0 fully saturated rings. The average Bonchev–Trinajstić information content (AvgIpc) is 2.43. The van der Waals surface area contributed by atoms with E-state index in [2.05, 4.69) is 12.2 Å². The number of rotatable bonds is 6. The molecule has 0 aliphatic carbocycles. The molecule has 0 radical (unpaired) electrons. The second-order valence-electron chi connectivity index (χ2n) is 4.86. The Balaban J connectivity index is 1.93. The first-order valence-electron chi connectivity index (χ1n) is 6.90. The van der Waals surface area contributed by atoms with E-state index in [0.29, 0.717) is 6.54 Å². The lowest BCUT2D eigenvalue weighted by Gasteiger charge is -2.09. The number of anilines is 1. The monoisotopic (exact) mass is 273 g/mol. The summed E-state index contributed by atoms with van der Waals surface area (Å²) in [7, 11) is 0. The minimum Gasteiger partial charge on any atom is -0.494 e. The molecule has 3 heteroatoms. The fraction of sp³-hybridized carbons (Fsp3) is 0.294. The Kier molecular flexibility index (Phi) is 4.99. The van der Waals surface area contributed by atoms with Crippen LogP contribution in [0, 0.1) is 12.7 Å². The van der Waals surface area contributed by atoms with Gasteiger partial charge in [-0.15, -0.1) is 0 Å². The minimum atomic E-state index is -0.212. The Bertz CT molecular complexity index is 531. The van der Waals surface area contributed by atoms with Gasteiger partial charge in [-0.1, -0.05) is 19.1 Å². The first-order chi connectivity index (χ1) is 9.67. The molecule has 106 valence electrons. The summed E-state index contributed by atoms with van der Waals surface area (Å²) >= 11 is 0. The molecule has 0 unspecified atom stereocenters. The molecular weight excluding hydrogens is 253 g/mol. The van der Waals surface area contributed by atoms with Crippen LogP contribution in [0.25, 0.3) is 0 Å². The van der Waals surface area contributed by atoms with E-state index in [0.717, 1.165) is 35.6 Å². The third-order valence-electron chi connectivity index (χ3n) is 2.93. The summed E-state index contributed by atoms with van der Waals surface area (Å²) in [5.41, 5.74) is 2.85. The van der Waals surface area contributed by atoms with Gasteiger partial charge < -0.3 is 10.1 Å². The van der Waals surface area contributed by atoms with Crippen LogP contribution in [0.2, 0.25) is 0 Å². The molecule has 0 spiro atoms. The standard InChI is InChI=1S/C17H20FNO/c1-3-8-20-17-6-4-14(5-7-17)12-19-16-10-13(2)9-15(18)11-16/h4-7,9-11,19H,3,8,12H2,1-2H3. The van der Waals surface area contributed by atoms with Crippen molar-refractivity contribution in [1.29, 1.82) is 0 Å². The zero-order valence-corrected chi connectivity index (χ0v) is 11.9. The molecule has 0 aliphatic rings. The molecule has 0 amide bonds. The average molecular weight is 273 g/mol. The summed E-state index contributed by atoms with van der Waals surface area (Å²) in [4.78, 5) is 0. The van der Waals surface area contributed by atoms with Gasteiger partial charge in [0, 0.05) is 12.2 Å². The van der Waals surface area contributed by atoms with E-state index in [1.807, 2.05) is 37.3 Å². The van der Waals surface area contributed by atoms with Gasteiger partial charge in [-0.05, 0) is 54.8 Å². The smallest absolute Gasteiger partial charge is 0.125 e. The van der Waals surface area contributed by atoms with Crippen LogP contribution in [0.5, 0.6) is 5.75 Å². The molecule has 0 bridgehead atoms. The SMILES string of the molecule is CCCOc1ccc(CNc2cc(C)cc(F)c2)cc1. The molecule has 0 aliphatic heterocycles. The lowest BCUT2D eigenvalue weighted by molar-refractivity contribution is 0.317. The molecule has 0 saturated heterocycles. The maximum absolute atomic E-state index is 13.3. The lowest BCUT2D eigenvalue weighted by atomic mass is 10.2. The maximum Gasteiger partial charge on any atom is 0.125 e. The fourth-order valence-corrected chi connectivity index (χ4v) is 1.97. The summed E-state index contributed by atoms with van der Waals surface area (Å²) in [6, 6.07) is 12.9. The normalized spacial score (nSPS) is 10.3. The first-order valence-corrected chi connectivity index (χ1v) is 6.90. The number of ether oxygens (including phenoxy) is 1. The lowest BCUT2D eigenvalue weighted by Crippen LogP contribution is -2.00. The molecule has 0 atom stereocenters. The van der Waals surface area contributed by atoms with Crippen LogP contribution in [0.4, 0.5) is 10.1 Å². The zero-order chi connectivity index (χ0) is 14.4. The molecule has 2 nitrogen and oxygen atoms in total. The minimum absolute atomic E-state index is 0.212. The predicted molar refractivity (Wildman–Crippen MR) is 80.7 cm³/mol. The third-order valence-corrected chi connectivity index (χ3v) is 2.93. The summed E-state index contributed by atoms with van der Waals surface area (Å²) in [5, 5.41) is 3.22. The molecule has 0 heterocycles. The molecule has 2 aromatic rings. The van der Waals surface area contributed by atoms with Gasteiger partial charge in [-0.2, -0.15) is 0 Å². The van der Waals surface area contributed by atoms with Crippen molar-refractivity contribution in [3.63, 3.8) is 0 Å². The molecule has 0 aromatic heterocycles. The van der Waals surface area contributed by atoms with E-state index < -0.39 is 0 Å². The van der Waals surface area contributed by atoms with E-state index in [4.69, 9.17) is 4.74 Å². The Morgan fingerprint density at radius 2 is 1.85 bits per heavy atom. The highest BCUT2D eigenvalue weighted by molar-refractivity contribution is 5.46. The van der Waals surface area contributed by atoms with Crippen LogP contribution < -0.4 is 10.1 Å². The van der Waals surface area contributed by atoms with Gasteiger partial charge in [0.2, 0.25) is 0 Å². The number of nitrogens with one attached hydrogen (secondary N) is 1. The van der Waals surface area contributed by atoms with Crippen molar-refractivity contribution in [3.8, 4) is 5.75 Å². The summed E-state index contributed by atoms with van der Waals surface area (Å²) in [5.74, 6) is 0.674. The second kappa shape index (κ2) is 6.94. The van der Waals surface area contributed by atoms with Crippen LogP contribution in [-0.2, 0) is 6.54 Å². The molecule has 20 heavy (non-hydrogen) atoms. The van der Waals surface area contributed by atoms with E-state index in [-0.39, 0.29) is 5.82 Å². The van der Waals surface area contributed by atoms with Crippen molar-refractivity contribution in [2.24, 2.45) is 0 Å². The number of halogens is 1. The van der Waals surface area contributed by atoms with Gasteiger partial charge in [-0.25, -0.2) is 4.39 Å². The molecular formula is C17H20FNO. The molecule has 0 saturated carbocycles. The van der Waals surface area contributed by atoms with Gasteiger partial charge >= 0.3 is 0 Å². The van der Waals surface area contributed by atoms with E-state index in [1.165, 1.54) is 12.1 Å². The van der Waals surface area contributed by atoms with Gasteiger partial charge in [0.15, 0.2) is 0 Å². The van der Waals surface area contributed by atoms with Crippen LogP contribution in [0.1, 0.15) is 24.5 Å². The largest absolute Gasteiger partial charge is 0.494 e. The van der Waals surface area contributed by atoms with Crippen molar-refractivity contribution in [2.75, 3.05) is 11.9 Å². The molecule has 2 aromatic carbocycles. The Hall–Kier alpha value is -2.03. The van der Waals surface area contributed by atoms with Gasteiger partial charge in [0.25, 0.3) is 0 Å². The van der Waals surface area contributed by atoms with Crippen molar-refractivity contribution >= 4 is 5.69 Å². The van der Waals surface area contributed by atoms with E-state index in [1.54, 1.807) is 0 Å². The van der Waals surface area contributed by atoms with Crippen LogP contribution in [-0.4, -0.2) is 6.61 Å². The molecule has 1 N–H and O–H groups in total. The molecule has 2 rings (SSSR count). The summed E-state index contributed by atoms with van der Waals surface area (Å²) < 4.78 is 18.8. The van der Waals surface area contributed by atoms with E-state index >= 15 is 0 Å². The highest BCUT2D eigenvalue weighted by Gasteiger charge is 1.99. The van der Waals surface area contributed by atoms with Crippen molar-refractivity contribution in [1.82, 2.24) is 0 Å². The first kappa shape index (κ1) is 14.4. The quantitative estimate of drug-likeness (QED) is 0.834. The van der Waals surface area contributed by atoms with Crippen LogP contribution in [0.15, 0.2) is 42.5 Å². The predicted octanol–water partition coefficient (Wildman–Crippen LogP) is 4.54. The van der Waals surface area contributed by atoms with Crippen molar-refractivity contribution < 1.29 is 9.13 Å². The second-order valence-corrected chi connectivity index (χ2v) is 4.86. The Morgan fingerprint density at radius 1 is 1.10 bits per heavy atom. The number of hydrogen-bond acceptors (Lipinski definition) is 2. The number of hydrogen-bond donors (Lipinski definition) is 1. The van der Waals surface area contributed by atoms with Crippen molar-refractivity contribution in [2.45, 2.75) is 26.8 Å². The van der Waals surface area contributed by atoms with Crippen LogP contribution >= 0.6 is 0 Å². The van der Waals surface area contributed by atoms with Gasteiger partial charge in [-0.3, -0.25) is 0 Å². The van der Waals surface area contributed by atoms with Crippen molar-refractivity contribution in [3.05, 3.63) is 59.4 Å². The maximum atomic E-state index is 13.3. The van der Waals surface area contributed by atoms with Gasteiger partial charge in [0.05, 0.1) is 6.61 Å². The zero-order valence-electron chi connectivity index (χ0n) is 11.9. The Labute approximate surface area is 119 Å². The van der Waals surface area contributed by atoms with Crippen LogP contribution in [0.3, 0.4) is 0 Å². The number of aryl methyl sites for hydroxylation is 1. The highest BCUT2D eigenvalue weighted by atomic mass is 19.1. The highest BCUT2D eigenvalue weighted by Crippen LogP contribution is 2.16. The fourth-order valence-electron chi connectivity index (χ4n) is 1.97. The topological polar surface area (TPSA) is 21.3 Å². The summed E-state index contributed by atoms with van der Waals surface area (Å²) in [6.45, 7) is 5.37. The summed E-state index contributed by atoms with van der Waals surface area (Å²) in [6.07, 6.45) is 1.00. The number of benzene rings is 2. The third kappa shape index (κ3) is 4.26. The van der Waals surface area contributed by atoms with Gasteiger partial charge in [0.1, 0.15) is 11.6 Å². The van der Waals surface area contributed by atoms with E-state index in [9.17, 15) is 4.39 Å². The Morgan fingerprint density at radius 3 is 2.50 bits per heavy atom.